The number of aliphatic hydroxyl groups is 3. The molecule has 0 saturated carbocycles. The summed E-state index contributed by atoms with van der Waals surface area (Å²) in [4.78, 5) is 74.1. The summed E-state index contributed by atoms with van der Waals surface area (Å²) in [7, 11) is -10.6. The smallest absolute Gasteiger partial charge is 0.355 e. The van der Waals surface area contributed by atoms with Crippen molar-refractivity contribution in [3.8, 4) is 0 Å². The quantitative estimate of drug-likeness (QED) is 0.0582. The van der Waals surface area contributed by atoms with Gasteiger partial charge in [-0.25, -0.2) is 47.1 Å². The number of aromatic nitrogens is 3. The zero-order valence-electron chi connectivity index (χ0n) is 51.5. The average molecular weight is 1360 g/mol. The third-order valence-corrected chi connectivity index (χ3v) is 26.7. The van der Waals surface area contributed by atoms with E-state index in [2.05, 4.69) is 71.6 Å². The van der Waals surface area contributed by atoms with E-state index in [1.54, 1.807) is 41.5 Å². The normalized spacial score (nSPS) is 17.0. The van der Waals surface area contributed by atoms with Crippen LogP contribution < -0.4 is 30.5 Å². The van der Waals surface area contributed by atoms with Crippen LogP contribution in [0.3, 0.4) is 0 Å². The van der Waals surface area contributed by atoms with Crippen molar-refractivity contribution in [2.45, 2.75) is 208 Å². The number of carbonyl (C=O) groups excluding carboxylic acids is 5. The molecule has 6 aliphatic rings. The lowest BCUT2D eigenvalue weighted by atomic mass is 9.99. The molecule has 6 aliphatic carbocycles. The number of hydrogen-bond donors (Lipinski definition) is 9. The molecule has 0 spiro atoms. The van der Waals surface area contributed by atoms with Gasteiger partial charge in [-0.2, -0.15) is 0 Å². The Morgan fingerprint density at radius 1 is 0.440 bits per heavy atom. The number of urea groups is 3. The summed E-state index contributed by atoms with van der Waals surface area (Å²) in [5.41, 5.74) is 13.3. The number of amides is 8. The third-order valence-electron chi connectivity index (χ3n) is 16.2. The van der Waals surface area contributed by atoms with Gasteiger partial charge in [-0.05, 0) is 224 Å². The molecule has 91 heavy (non-hydrogen) atoms. The predicted molar refractivity (Wildman–Crippen MR) is 356 cm³/mol. The Labute approximate surface area is 544 Å². The molecule has 0 aliphatic heterocycles. The zero-order valence-corrected chi connectivity index (χ0v) is 56.4. The first kappa shape index (κ1) is 68.9. The molecule has 10 N–H and O–H groups in total. The molecule has 3 aromatic heterocycles. The van der Waals surface area contributed by atoms with Crippen molar-refractivity contribution in [3.05, 3.63) is 119 Å². The number of benzene rings is 3. The highest BCUT2D eigenvalue weighted by atomic mass is 32.2. The fourth-order valence-electron chi connectivity index (χ4n) is 12.3. The number of rotatable bonds is 11. The SMILES string of the molecule is C.CC(=O)NS(=O)(=NC(=O)Nc1c2c(cc3c1CCC3)CCC2)c1cnc(C(C)(C)O)s1.CC(=O)NS(=O)(=NC(=O)Nc1c2c(cc3c1CCC3)CCC2)c1cnc(C(C)(C)O)s1.CC(C)(O)c1ncc(S(N)(=O)=NC(=O)Nc2c3c(cc4c2CCC4)CCC3)s1. The van der Waals surface area contributed by atoms with Crippen LogP contribution in [0.4, 0.5) is 31.4 Å². The van der Waals surface area contributed by atoms with Crippen LogP contribution in [0, 0.1) is 0 Å². The van der Waals surface area contributed by atoms with Crippen molar-refractivity contribution in [2.75, 3.05) is 16.0 Å². The van der Waals surface area contributed by atoms with E-state index in [9.17, 15) is 51.9 Å². The van der Waals surface area contributed by atoms with Gasteiger partial charge in [0.2, 0.25) is 11.8 Å². The predicted octanol–water partition coefficient (Wildman–Crippen LogP) is 10.8. The van der Waals surface area contributed by atoms with Gasteiger partial charge in [0.1, 0.15) is 44.5 Å². The minimum atomic E-state index is -3.60. The minimum Gasteiger partial charge on any atom is -0.383 e. The van der Waals surface area contributed by atoms with E-state index in [-0.39, 0.29) is 20.1 Å². The lowest BCUT2D eigenvalue weighted by molar-refractivity contribution is -0.118. The van der Waals surface area contributed by atoms with Crippen molar-refractivity contribution >= 4 is 111 Å². The van der Waals surface area contributed by atoms with Crippen LogP contribution in [-0.2, 0) is 133 Å². The molecule has 3 atom stereocenters. The van der Waals surface area contributed by atoms with Crippen LogP contribution in [0.2, 0.25) is 0 Å². The molecule has 3 heterocycles. The number of thiazole rings is 3. The maximum Gasteiger partial charge on any atom is 0.355 e. The third kappa shape index (κ3) is 15.5. The molecule has 23 nitrogen and oxygen atoms in total. The van der Waals surface area contributed by atoms with Gasteiger partial charge in [-0.3, -0.25) is 19.0 Å². The van der Waals surface area contributed by atoms with Crippen LogP contribution in [0.25, 0.3) is 0 Å². The Bertz CT molecular complexity index is 4030. The second-order valence-corrected chi connectivity index (χ2v) is 34.2. The molecule has 29 heteroatoms. The number of anilines is 3. The molecule has 6 aromatic rings. The average Bonchev–Trinajstić information content (AvgIpc) is 1.70. The Morgan fingerprint density at radius 3 is 0.923 bits per heavy atom. The highest BCUT2D eigenvalue weighted by Crippen LogP contribution is 2.42. The highest BCUT2D eigenvalue weighted by molar-refractivity contribution is 7.95. The minimum absolute atomic E-state index is 0. The number of carbonyl (C=O) groups is 5. The molecule has 8 amide bonds. The van der Waals surface area contributed by atoms with Gasteiger partial charge < -0.3 is 31.3 Å². The van der Waals surface area contributed by atoms with Gasteiger partial charge in [0, 0.05) is 30.9 Å². The Balaban J connectivity index is 0.000000161. The second-order valence-electron chi connectivity index (χ2n) is 24.8. The first-order valence-corrected chi connectivity index (χ1v) is 37.0. The van der Waals surface area contributed by atoms with Crippen LogP contribution in [0.1, 0.15) is 183 Å². The van der Waals surface area contributed by atoms with Crippen LogP contribution in [0.5, 0.6) is 0 Å². The number of aryl methyl sites for hydroxylation is 6. The van der Waals surface area contributed by atoms with E-state index < -0.39 is 76.5 Å². The van der Waals surface area contributed by atoms with E-state index in [0.717, 1.165) is 189 Å². The molecule has 0 bridgehead atoms. The summed E-state index contributed by atoms with van der Waals surface area (Å²) in [5.74, 6) is -1.16. The zero-order chi connectivity index (χ0) is 64.9. The van der Waals surface area contributed by atoms with E-state index in [0.29, 0.717) is 15.0 Å². The van der Waals surface area contributed by atoms with E-state index >= 15 is 0 Å². The van der Waals surface area contributed by atoms with Crippen molar-refractivity contribution in [1.82, 2.24) is 24.4 Å². The fourth-order valence-corrected chi connectivity index (χ4v) is 19.8. The molecule has 0 saturated heterocycles. The Hall–Kier alpha value is -6.41. The highest BCUT2D eigenvalue weighted by Gasteiger charge is 2.33. The van der Waals surface area contributed by atoms with Crippen molar-refractivity contribution in [1.29, 1.82) is 0 Å². The Kier molecular flexibility index (Phi) is 20.4. The summed E-state index contributed by atoms with van der Waals surface area (Å²) >= 11 is 2.90. The van der Waals surface area contributed by atoms with Gasteiger partial charge in [0.15, 0.2) is 29.7 Å². The topological polar surface area (TPSA) is 359 Å². The van der Waals surface area contributed by atoms with Crippen molar-refractivity contribution < 1.29 is 51.9 Å². The second kappa shape index (κ2) is 26.9. The molecule has 0 radical (unpaired) electrons. The molecule has 12 rings (SSSR count). The first-order valence-electron chi connectivity index (χ1n) is 29.9. The number of nitrogens with one attached hydrogen (secondary N) is 5. The first-order chi connectivity index (χ1) is 42.3. The summed E-state index contributed by atoms with van der Waals surface area (Å²) in [6.07, 6.45) is 21.6. The molecular formula is C62H80N12O11S6. The number of fused-ring (bicyclic) bond motifs is 6. The van der Waals surface area contributed by atoms with Crippen LogP contribution >= 0.6 is 34.0 Å². The Morgan fingerprint density at radius 2 is 0.681 bits per heavy atom. The summed E-state index contributed by atoms with van der Waals surface area (Å²) in [6.45, 7) is 11.8. The van der Waals surface area contributed by atoms with Gasteiger partial charge in [0.25, 0.3) is 0 Å². The van der Waals surface area contributed by atoms with E-state index in [4.69, 9.17) is 5.14 Å². The van der Waals surface area contributed by atoms with Crippen molar-refractivity contribution in [2.24, 2.45) is 18.2 Å². The maximum atomic E-state index is 13.5. The lowest BCUT2D eigenvalue weighted by Crippen LogP contribution is -2.29. The lowest BCUT2D eigenvalue weighted by Gasteiger charge is -2.15. The van der Waals surface area contributed by atoms with Gasteiger partial charge in [-0.15, -0.1) is 47.1 Å². The number of hydrogen-bond acceptors (Lipinski definition) is 17. The summed E-state index contributed by atoms with van der Waals surface area (Å²) in [5, 5.41) is 45.8. The van der Waals surface area contributed by atoms with Crippen molar-refractivity contribution in [3.63, 3.8) is 0 Å². The number of nitrogens with two attached hydrogens (primary N) is 1. The monoisotopic (exact) mass is 1360 g/mol. The largest absolute Gasteiger partial charge is 0.383 e. The van der Waals surface area contributed by atoms with E-state index in [1.807, 2.05) is 0 Å². The van der Waals surface area contributed by atoms with E-state index in [1.165, 1.54) is 76.9 Å². The molecule has 3 unspecified atom stereocenters. The maximum absolute atomic E-state index is 13.5. The molecule has 0 fully saturated rings. The molecular weight excluding hydrogens is 1280 g/mol. The molecule has 490 valence electrons. The summed E-state index contributed by atoms with van der Waals surface area (Å²) < 4.78 is 56.5. The fraction of sp³-hybridized carbons (Fsp3) is 0.484. The van der Waals surface area contributed by atoms with Gasteiger partial charge in [0.05, 0.1) is 18.6 Å². The van der Waals surface area contributed by atoms with Gasteiger partial charge >= 0.3 is 18.1 Å². The molecule has 3 aromatic carbocycles. The van der Waals surface area contributed by atoms with Gasteiger partial charge in [-0.1, -0.05) is 25.6 Å². The standard InChI is InChI=1S/2C21H26N4O4S2.C19H24N4O3S2.CH4/c2*1-12(26)24-31(29,17-11-22-19(30-17)21(2,3)28)25-20(27)23-18-15-8-4-6-13(15)10-14-7-5-9-16(14)18;1-19(2,25)17-21-10-15(27-17)28(20,26)23-18(24)22-16-13-7-3-5-11(13)9-12-6-4-8-14(12)16;/h2*10-11,28H,4-9H2,1-3H3,(H2,23,24,25,26,27,29);9-10,25H,3-8H2,1-2H3,(H3,20,22,23,24,26);1H4. The van der Waals surface area contributed by atoms with Crippen LogP contribution in [0.15, 0.2) is 62.5 Å². The summed E-state index contributed by atoms with van der Waals surface area (Å²) in [6, 6.07) is 4.54. The van der Waals surface area contributed by atoms with Crippen LogP contribution in [-0.4, -0.2) is 72.8 Å². The number of nitrogens with zero attached hydrogens (tertiary/aromatic N) is 6.